The van der Waals surface area contributed by atoms with Gasteiger partial charge in [-0.05, 0) is 74.8 Å². The number of alkyl halides is 3. The van der Waals surface area contributed by atoms with Crippen LogP contribution < -0.4 is 4.74 Å². The molecule has 2 fully saturated rings. The zero-order chi connectivity index (χ0) is 32.6. The Morgan fingerprint density at radius 1 is 1.15 bits per heavy atom. The van der Waals surface area contributed by atoms with Crippen molar-refractivity contribution < 1.29 is 37.4 Å². The van der Waals surface area contributed by atoms with E-state index in [9.17, 15) is 32.7 Å². The molecule has 3 aliphatic rings. The van der Waals surface area contributed by atoms with Crippen LogP contribution in [0.2, 0.25) is 0 Å². The van der Waals surface area contributed by atoms with E-state index in [-0.39, 0.29) is 43.4 Å². The molecule has 6 rings (SSSR count). The highest BCUT2D eigenvalue weighted by Crippen LogP contribution is 2.57. The van der Waals surface area contributed by atoms with Gasteiger partial charge in [0.15, 0.2) is 5.78 Å². The predicted molar refractivity (Wildman–Crippen MR) is 168 cm³/mol. The van der Waals surface area contributed by atoms with Crippen LogP contribution >= 0.6 is 11.3 Å². The van der Waals surface area contributed by atoms with Crippen LogP contribution in [0.1, 0.15) is 68.1 Å². The average molecular weight is 655 g/mol. The number of ketones is 1. The van der Waals surface area contributed by atoms with Gasteiger partial charge in [0, 0.05) is 18.8 Å². The highest BCUT2D eigenvalue weighted by atomic mass is 32.1. The molecule has 5 atom stereocenters. The third-order valence-electron chi connectivity index (χ3n) is 9.60. The number of Topliss-reactive ketones (excluding diaryl/α,β-unsaturated/α-hetero) is 1. The van der Waals surface area contributed by atoms with Gasteiger partial charge >= 0.3 is 12.1 Å². The number of allylic oxidation sites excluding steroid dienone is 2. The number of carbonyl (C=O) groups is 3. The molecule has 7 nitrogen and oxygen atoms in total. The number of rotatable bonds is 5. The van der Waals surface area contributed by atoms with Crippen LogP contribution in [-0.4, -0.2) is 51.3 Å². The Morgan fingerprint density at radius 2 is 1.96 bits per heavy atom. The van der Waals surface area contributed by atoms with Crippen molar-refractivity contribution in [3.63, 3.8) is 0 Å². The Balaban J connectivity index is 1.31. The van der Waals surface area contributed by atoms with Gasteiger partial charge in [0.2, 0.25) is 5.91 Å². The number of aryl methyl sites for hydroxylation is 1. The number of amides is 1. The number of ether oxygens (including phenoxy) is 1. The Hall–Kier alpha value is -3.73. The van der Waals surface area contributed by atoms with Crippen LogP contribution in [-0.2, 0) is 27.0 Å². The molecule has 2 aromatic carbocycles. The fourth-order valence-electron chi connectivity index (χ4n) is 7.08. The van der Waals surface area contributed by atoms with Crippen LogP contribution in [0, 0.1) is 24.2 Å². The smallest absolute Gasteiger partial charge is 0.416 e. The maximum absolute atomic E-state index is 14.4. The summed E-state index contributed by atoms with van der Waals surface area (Å²) in [5.74, 6) is -2.55. The van der Waals surface area contributed by atoms with Gasteiger partial charge in [0.25, 0.3) is 5.19 Å². The highest BCUT2D eigenvalue weighted by Gasteiger charge is 2.61. The Morgan fingerprint density at radius 3 is 2.72 bits per heavy atom. The largest absolute Gasteiger partial charge is 0.481 e. The number of carboxylic acids is 1. The molecule has 0 spiro atoms. The number of nitrogens with zero attached hydrogens (tertiary/aromatic N) is 2. The number of carboxylic acid groups (broad SMARTS) is 1. The van der Waals surface area contributed by atoms with Gasteiger partial charge in [0.1, 0.15) is 6.10 Å². The molecule has 1 aromatic heterocycles. The first-order valence-corrected chi connectivity index (χ1v) is 16.7. The lowest BCUT2D eigenvalue weighted by Crippen LogP contribution is -2.45. The minimum absolute atomic E-state index is 0.103. The van der Waals surface area contributed by atoms with Crippen molar-refractivity contribution in [3.05, 3.63) is 71.3 Å². The number of halogens is 3. The van der Waals surface area contributed by atoms with Crippen molar-refractivity contribution in [2.45, 2.75) is 83.0 Å². The number of thiazole rings is 1. The van der Waals surface area contributed by atoms with E-state index in [1.54, 1.807) is 13.0 Å². The van der Waals surface area contributed by atoms with Crippen LogP contribution in [0.25, 0.3) is 10.2 Å². The van der Waals surface area contributed by atoms with Crippen LogP contribution in [0.4, 0.5) is 13.2 Å². The lowest BCUT2D eigenvalue weighted by Gasteiger charge is -2.29. The molecule has 1 saturated carbocycles. The van der Waals surface area contributed by atoms with Crippen molar-refractivity contribution >= 4 is 39.2 Å². The predicted octanol–water partition coefficient (Wildman–Crippen LogP) is 7.40. The minimum atomic E-state index is -4.52. The summed E-state index contributed by atoms with van der Waals surface area (Å²) in [6.45, 7) is 1.71. The fraction of sp³-hybridized carbons (Fsp3) is 0.486. The number of aliphatic carboxylic acids is 1. The number of para-hydroxylation sites is 1. The number of hydrogen-bond donors (Lipinski definition) is 1. The van der Waals surface area contributed by atoms with E-state index in [1.165, 1.54) is 16.2 Å². The Kier molecular flexibility index (Phi) is 8.98. The molecular weight excluding hydrogens is 617 g/mol. The molecular formula is C35H37F3N2O5S. The van der Waals surface area contributed by atoms with Crippen molar-refractivity contribution in [1.82, 2.24) is 9.88 Å². The molecule has 11 heteroatoms. The van der Waals surface area contributed by atoms with E-state index in [4.69, 9.17) is 4.74 Å². The molecule has 3 aromatic rings. The lowest BCUT2D eigenvalue weighted by molar-refractivity contribution is -0.147. The van der Waals surface area contributed by atoms with Gasteiger partial charge in [-0.3, -0.25) is 14.4 Å². The summed E-state index contributed by atoms with van der Waals surface area (Å²) in [7, 11) is 0. The Labute approximate surface area is 269 Å². The van der Waals surface area contributed by atoms with Gasteiger partial charge in [-0.2, -0.15) is 13.2 Å². The number of benzene rings is 2. The molecule has 1 N–H and O–H groups in total. The summed E-state index contributed by atoms with van der Waals surface area (Å²) in [4.78, 5) is 46.8. The Bertz CT molecular complexity index is 1640. The summed E-state index contributed by atoms with van der Waals surface area (Å²) in [6.07, 6.45) is 2.86. The maximum Gasteiger partial charge on any atom is 0.416 e. The van der Waals surface area contributed by atoms with Gasteiger partial charge in [0.05, 0.1) is 33.8 Å². The van der Waals surface area contributed by atoms with Gasteiger partial charge in [-0.15, -0.1) is 0 Å². The first-order chi connectivity index (χ1) is 21.9. The van der Waals surface area contributed by atoms with E-state index in [0.29, 0.717) is 35.6 Å². The minimum Gasteiger partial charge on any atom is -0.481 e. The van der Waals surface area contributed by atoms with Crippen LogP contribution in [0.3, 0.4) is 0 Å². The summed E-state index contributed by atoms with van der Waals surface area (Å²) < 4.78 is 48.2. The van der Waals surface area contributed by atoms with Crippen molar-refractivity contribution in [3.8, 4) is 5.19 Å². The first-order valence-electron chi connectivity index (χ1n) is 15.9. The molecule has 244 valence electrons. The second kappa shape index (κ2) is 12.8. The van der Waals surface area contributed by atoms with E-state index in [1.807, 2.05) is 36.4 Å². The normalized spacial score (nSPS) is 28.2. The summed E-state index contributed by atoms with van der Waals surface area (Å²) in [5, 5.41) is 10.6. The molecule has 2 aliphatic heterocycles. The van der Waals surface area contributed by atoms with Gasteiger partial charge < -0.3 is 14.7 Å². The monoisotopic (exact) mass is 654 g/mol. The molecule has 1 amide bonds. The second-order valence-corrected chi connectivity index (χ2v) is 14.0. The standard InChI is InChI=1S/C35H37F3N2O5S/c1-21-13-22(16-25(14-21)35(36,37)38)15-23-9-5-3-2-4-6-10-24-18-34(24,32(43)44)19-29(41)28-17-26(20-40(28)31(23)42)45-33-39-27-11-7-8-12-30(27)46-33/h6-8,10-14,16,23-24,26,28H,2-5,9,15,17-20H2,1H3,(H,43,44)/b10-6-/t23-,24-,26-,28+,34-/m1/s1. The molecule has 0 radical (unpaired) electrons. The van der Waals surface area contributed by atoms with Crippen LogP contribution in [0.15, 0.2) is 54.6 Å². The topological polar surface area (TPSA) is 96.8 Å². The third kappa shape index (κ3) is 6.84. The van der Waals surface area contributed by atoms with Crippen molar-refractivity contribution in [2.75, 3.05) is 6.54 Å². The molecule has 0 unspecified atom stereocenters. The zero-order valence-electron chi connectivity index (χ0n) is 25.6. The molecule has 3 heterocycles. The second-order valence-electron chi connectivity index (χ2n) is 13.0. The summed E-state index contributed by atoms with van der Waals surface area (Å²) in [6, 6.07) is 10.6. The van der Waals surface area contributed by atoms with Crippen molar-refractivity contribution in [2.24, 2.45) is 17.3 Å². The molecule has 0 bridgehead atoms. The average Bonchev–Trinajstić information content (AvgIpc) is 3.31. The first kappa shape index (κ1) is 32.2. The number of carbonyl (C=O) groups excluding carboxylic acids is 2. The lowest BCUT2D eigenvalue weighted by atomic mass is 9.89. The van der Waals surface area contributed by atoms with E-state index >= 15 is 0 Å². The van der Waals surface area contributed by atoms with Gasteiger partial charge in [-0.25, -0.2) is 4.98 Å². The SMILES string of the molecule is Cc1cc(C[C@H]2CCCCC/C=C\[C@@H]3C[C@@]3(C(=O)O)CC(=O)[C@@H]3C[C@@H](Oc4nc5ccccc5s4)CN3C2=O)cc(C(F)(F)F)c1. The van der Waals surface area contributed by atoms with Crippen molar-refractivity contribution in [1.29, 1.82) is 0 Å². The van der Waals surface area contributed by atoms with E-state index < -0.39 is 41.2 Å². The van der Waals surface area contributed by atoms with Gasteiger partial charge in [-0.1, -0.05) is 60.1 Å². The maximum atomic E-state index is 14.4. The number of aromatic nitrogens is 1. The molecule has 1 saturated heterocycles. The fourth-order valence-corrected chi connectivity index (χ4v) is 7.96. The number of fused-ring (bicyclic) bond motifs is 3. The highest BCUT2D eigenvalue weighted by molar-refractivity contribution is 7.20. The zero-order valence-corrected chi connectivity index (χ0v) is 26.4. The number of hydrogen-bond acceptors (Lipinski definition) is 6. The van der Waals surface area contributed by atoms with E-state index in [2.05, 4.69) is 4.98 Å². The summed E-state index contributed by atoms with van der Waals surface area (Å²) in [5.41, 5.74) is -0.298. The third-order valence-corrected chi connectivity index (χ3v) is 10.5. The van der Waals surface area contributed by atoms with Crippen LogP contribution in [0.5, 0.6) is 5.19 Å². The molecule has 1 aliphatic carbocycles. The van der Waals surface area contributed by atoms with E-state index in [0.717, 1.165) is 41.6 Å². The molecule has 46 heavy (non-hydrogen) atoms. The summed E-state index contributed by atoms with van der Waals surface area (Å²) >= 11 is 1.36. The quantitative estimate of drug-likeness (QED) is 0.288.